The highest BCUT2D eigenvalue weighted by atomic mass is 35.5. The summed E-state index contributed by atoms with van der Waals surface area (Å²) in [7, 11) is 0. The third-order valence-electron chi connectivity index (χ3n) is 3.01. The second-order valence-electron chi connectivity index (χ2n) is 4.80. The molecule has 0 aromatic heterocycles. The number of carbonyl (C=O) groups excluding carboxylic acids is 1. The zero-order valence-electron chi connectivity index (χ0n) is 11.3. The van der Waals surface area contributed by atoms with Gasteiger partial charge >= 0.3 is 0 Å². The monoisotopic (exact) mass is 288 g/mol. The first-order chi connectivity index (χ1) is 9.56. The molecule has 1 atom stereocenters. The number of hydrogen-bond acceptors (Lipinski definition) is 2. The lowest BCUT2D eigenvalue weighted by Gasteiger charge is -2.15. The molecule has 1 unspecified atom stereocenters. The summed E-state index contributed by atoms with van der Waals surface area (Å²) in [5.41, 5.74) is 7.84. The summed E-state index contributed by atoms with van der Waals surface area (Å²) in [4.78, 5) is 12.1. The molecule has 0 aliphatic heterocycles. The zero-order valence-corrected chi connectivity index (χ0v) is 12.0. The molecule has 104 valence electrons. The van der Waals surface area contributed by atoms with E-state index in [2.05, 4.69) is 5.32 Å². The first kappa shape index (κ1) is 14.4. The summed E-state index contributed by atoms with van der Waals surface area (Å²) in [6, 6.07) is 14.6. The molecule has 0 heterocycles. The molecular weight excluding hydrogens is 272 g/mol. The van der Waals surface area contributed by atoms with Gasteiger partial charge in [-0.15, -0.1) is 0 Å². The van der Waals surface area contributed by atoms with Crippen LogP contribution in [0.5, 0.6) is 0 Å². The minimum absolute atomic E-state index is 0.0103. The summed E-state index contributed by atoms with van der Waals surface area (Å²) in [6.07, 6.45) is 0.688. The van der Waals surface area contributed by atoms with Crippen molar-refractivity contribution in [2.24, 2.45) is 0 Å². The van der Waals surface area contributed by atoms with Gasteiger partial charge in [-0.2, -0.15) is 0 Å². The molecule has 0 bridgehead atoms. The Morgan fingerprint density at radius 3 is 2.70 bits per heavy atom. The summed E-state index contributed by atoms with van der Waals surface area (Å²) in [5, 5.41) is 3.67. The molecular formula is C16H17ClN2O. The maximum Gasteiger partial charge on any atom is 0.251 e. The second-order valence-corrected chi connectivity index (χ2v) is 5.20. The van der Waals surface area contributed by atoms with Crippen molar-refractivity contribution >= 4 is 23.2 Å². The van der Waals surface area contributed by atoms with Crippen LogP contribution in [0, 0.1) is 0 Å². The molecule has 3 N–H and O–H groups in total. The van der Waals surface area contributed by atoms with Crippen LogP contribution in [0.1, 0.15) is 22.8 Å². The predicted octanol–water partition coefficient (Wildman–Crippen LogP) is 3.28. The Balaban J connectivity index is 2.00. The quantitative estimate of drug-likeness (QED) is 0.848. The molecule has 2 rings (SSSR count). The van der Waals surface area contributed by atoms with Crippen LogP contribution in [0.4, 0.5) is 5.69 Å². The van der Waals surface area contributed by atoms with Crippen molar-refractivity contribution < 1.29 is 4.79 Å². The van der Waals surface area contributed by atoms with E-state index < -0.39 is 0 Å². The van der Waals surface area contributed by atoms with Crippen LogP contribution in [0.15, 0.2) is 48.5 Å². The van der Waals surface area contributed by atoms with Gasteiger partial charge in [0.15, 0.2) is 0 Å². The first-order valence-corrected chi connectivity index (χ1v) is 6.84. The molecule has 0 aliphatic carbocycles. The number of amides is 1. The van der Waals surface area contributed by atoms with E-state index in [-0.39, 0.29) is 11.9 Å². The molecule has 1 amide bonds. The molecule has 20 heavy (non-hydrogen) atoms. The third kappa shape index (κ3) is 3.75. The van der Waals surface area contributed by atoms with Crippen LogP contribution >= 0.6 is 11.6 Å². The molecule has 0 fully saturated rings. The Hall–Kier alpha value is -2.00. The number of carbonyl (C=O) groups is 1. The van der Waals surface area contributed by atoms with Crippen LogP contribution in [0.25, 0.3) is 0 Å². The molecule has 0 aliphatic rings. The Labute approximate surface area is 123 Å². The van der Waals surface area contributed by atoms with E-state index in [1.54, 1.807) is 24.3 Å². The van der Waals surface area contributed by atoms with E-state index in [0.717, 1.165) is 10.6 Å². The van der Waals surface area contributed by atoms with Crippen molar-refractivity contribution in [3.05, 3.63) is 64.7 Å². The van der Waals surface area contributed by atoms with Crippen LogP contribution in [0.2, 0.25) is 5.02 Å². The van der Waals surface area contributed by atoms with Gasteiger partial charge in [0, 0.05) is 22.3 Å². The number of hydrogen-bond donors (Lipinski definition) is 2. The summed E-state index contributed by atoms with van der Waals surface area (Å²) < 4.78 is 0. The van der Waals surface area contributed by atoms with Crippen LogP contribution in [-0.2, 0) is 6.42 Å². The van der Waals surface area contributed by atoms with Crippen LogP contribution in [-0.4, -0.2) is 11.9 Å². The van der Waals surface area contributed by atoms with E-state index in [1.165, 1.54) is 0 Å². The van der Waals surface area contributed by atoms with Gasteiger partial charge in [-0.25, -0.2) is 0 Å². The molecule has 0 spiro atoms. The van der Waals surface area contributed by atoms with Crippen LogP contribution < -0.4 is 11.1 Å². The zero-order chi connectivity index (χ0) is 14.5. The maximum absolute atomic E-state index is 12.1. The smallest absolute Gasteiger partial charge is 0.251 e. The number of nitrogens with one attached hydrogen (secondary N) is 1. The van der Waals surface area contributed by atoms with E-state index in [0.29, 0.717) is 17.7 Å². The van der Waals surface area contributed by atoms with E-state index in [9.17, 15) is 4.79 Å². The van der Waals surface area contributed by atoms with E-state index in [1.807, 2.05) is 31.2 Å². The Kier molecular flexibility index (Phi) is 4.64. The standard InChI is InChI=1S/C16H17ClN2O/c1-11(9-12-5-2-3-8-15(12)17)19-16(20)13-6-4-7-14(18)10-13/h2-8,10-11H,9,18H2,1H3,(H,19,20). The lowest BCUT2D eigenvalue weighted by atomic mass is 10.1. The molecule has 3 nitrogen and oxygen atoms in total. The fourth-order valence-corrected chi connectivity index (χ4v) is 2.24. The van der Waals surface area contributed by atoms with Gasteiger partial charge in [0.1, 0.15) is 0 Å². The fraction of sp³-hybridized carbons (Fsp3) is 0.188. The molecule has 0 saturated heterocycles. The van der Waals surface area contributed by atoms with Gasteiger partial charge in [-0.3, -0.25) is 4.79 Å². The number of nitrogens with two attached hydrogens (primary N) is 1. The minimum atomic E-state index is -0.128. The lowest BCUT2D eigenvalue weighted by Crippen LogP contribution is -2.34. The topological polar surface area (TPSA) is 55.1 Å². The Bertz CT molecular complexity index is 613. The number of rotatable bonds is 4. The molecule has 2 aromatic carbocycles. The van der Waals surface area contributed by atoms with Crippen molar-refractivity contribution in [3.63, 3.8) is 0 Å². The second kappa shape index (κ2) is 6.44. The lowest BCUT2D eigenvalue weighted by molar-refractivity contribution is 0.0940. The minimum Gasteiger partial charge on any atom is -0.399 e. The SMILES string of the molecule is CC(Cc1ccccc1Cl)NC(=O)c1cccc(N)c1. The molecule has 0 saturated carbocycles. The highest BCUT2D eigenvalue weighted by Gasteiger charge is 2.11. The maximum atomic E-state index is 12.1. The molecule has 2 aromatic rings. The van der Waals surface area contributed by atoms with Crippen LogP contribution in [0.3, 0.4) is 0 Å². The van der Waals surface area contributed by atoms with Gasteiger partial charge in [0.2, 0.25) is 0 Å². The van der Waals surface area contributed by atoms with E-state index >= 15 is 0 Å². The average Bonchev–Trinajstić information content (AvgIpc) is 2.41. The normalized spacial score (nSPS) is 11.9. The highest BCUT2D eigenvalue weighted by molar-refractivity contribution is 6.31. The first-order valence-electron chi connectivity index (χ1n) is 6.46. The number of halogens is 1. The van der Waals surface area contributed by atoms with Gasteiger partial charge in [-0.05, 0) is 43.2 Å². The predicted molar refractivity (Wildman–Crippen MR) is 82.9 cm³/mol. The largest absolute Gasteiger partial charge is 0.399 e. The van der Waals surface area contributed by atoms with Gasteiger partial charge in [0.25, 0.3) is 5.91 Å². The van der Waals surface area contributed by atoms with Crippen molar-refractivity contribution in [2.75, 3.05) is 5.73 Å². The third-order valence-corrected chi connectivity index (χ3v) is 3.38. The van der Waals surface area contributed by atoms with Gasteiger partial charge in [0.05, 0.1) is 0 Å². The van der Waals surface area contributed by atoms with Crippen molar-refractivity contribution in [2.45, 2.75) is 19.4 Å². The summed E-state index contributed by atoms with van der Waals surface area (Å²) >= 11 is 6.11. The summed E-state index contributed by atoms with van der Waals surface area (Å²) in [5.74, 6) is -0.128. The van der Waals surface area contributed by atoms with Gasteiger partial charge < -0.3 is 11.1 Å². The Morgan fingerprint density at radius 1 is 1.25 bits per heavy atom. The van der Waals surface area contributed by atoms with E-state index in [4.69, 9.17) is 17.3 Å². The Morgan fingerprint density at radius 2 is 2.00 bits per heavy atom. The van der Waals surface area contributed by atoms with Crippen molar-refractivity contribution in [1.82, 2.24) is 5.32 Å². The number of benzene rings is 2. The molecule has 4 heteroatoms. The van der Waals surface area contributed by atoms with Crippen molar-refractivity contribution in [3.8, 4) is 0 Å². The van der Waals surface area contributed by atoms with Gasteiger partial charge in [-0.1, -0.05) is 35.9 Å². The summed E-state index contributed by atoms with van der Waals surface area (Å²) in [6.45, 7) is 1.95. The number of anilines is 1. The highest BCUT2D eigenvalue weighted by Crippen LogP contribution is 2.16. The molecule has 0 radical (unpaired) electrons. The van der Waals surface area contributed by atoms with Crippen molar-refractivity contribution in [1.29, 1.82) is 0 Å². The number of nitrogen functional groups attached to an aromatic ring is 1. The average molecular weight is 289 g/mol. The fourth-order valence-electron chi connectivity index (χ4n) is 2.03.